The molecule has 0 fully saturated rings. The van der Waals surface area contributed by atoms with Crippen molar-refractivity contribution in [2.75, 3.05) is 38.8 Å². The van der Waals surface area contributed by atoms with E-state index in [2.05, 4.69) is 10.6 Å². The second kappa shape index (κ2) is 12.1. The van der Waals surface area contributed by atoms with E-state index in [-0.39, 0.29) is 11.8 Å². The molecule has 32 heavy (non-hydrogen) atoms. The van der Waals surface area contributed by atoms with Crippen LogP contribution in [0.5, 0.6) is 11.5 Å². The number of para-hydroxylation sites is 1. The van der Waals surface area contributed by atoms with Crippen molar-refractivity contribution < 1.29 is 23.8 Å². The van der Waals surface area contributed by atoms with E-state index in [1.54, 1.807) is 55.6 Å². The third-order valence-electron chi connectivity index (χ3n) is 4.48. The Morgan fingerprint density at radius 3 is 1.88 bits per heavy atom. The summed E-state index contributed by atoms with van der Waals surface area (Å²) in [6, 6.07) is 23.1. The van der Waals surface area contributed by atoms with Gasteiger partial charge in [-0.15, -0.1) is 0 Å². The molecule has 3 aromatic rings. The number of carbonyl (C=O) groups is 2. The summed E-state index contributed by atoms with van der Waals surface area (Å²) < 4.78 is 16.1. The summed E-state index contributed by atoms with van der Waals surface area (Å²) in [6.45, 7) is 1.71. The number of hydrogen-bond donors (Lipinski definition) is 2. The minimum atomic E-state index is -0.249. The highest BCUT2D eigenvalue weighted by molar-refractivity contribution is 6.04. The average Bonchev–Trinajstić information content (AvgIpc) is 2.83. The van der Waals surface area contributed by atoms with Crippen LogP contribution in [-0.4, -0.2) is 45.3 Å². The van der Waals surface area contributed by atoms with Crippen molar-refractivity contribution in [3.8, 4) is 11.5 Å². The fraction of sp³-hybridized carbons (Fsp3) is 0.200. The van der Waals surface area contributed by atoms with Gasteiger partial charge in [0.15, 0.2) is 0 Å². The Kier molecular flexibility index (Phi) is 8.65. The molecule has 0 radical (unpaired) electrons. The van der Waals surface area contributed by atoms with Gasteiger partial charge in [-0.2, -0.15) is 0 Å². The van der Waals surface area contributed by atoms with E-state index in [1.165, 1.54) is 0 Å². The third kappa shape index (κ3) is 7.14. The highest BCUT2D eigenvalue weighted by Crippen LogP contribution is 2.15. The van der Waals surface area contributed by atoms with Crippen LogP contribution in [0.3, 0.4) is 0 Å². The first-order valence-electron chi connectivity index (χ1n) is 10.2. The Hall–Kier alpha value is -3.84. The van der Waals surface area contributed by atoms with Crippen molar-refractivity contribution in [2.24, 2.45) is 0 Å². The average molecular weight is 434 g/mol. The lowest BCUT2D eigenvalue weighted by molar-refractivity contribution is 0.0936. The second-order valence-corrected chi connectivity index (χ2v) is 6.81. The van der Waals surface area contributed by atoms with Crippen LogP contribution in [0, 0.1) is 0 Å². The van der Waals surface area contributed by atoms with Gasteiger partial charge in [-0.05, 0) is 60.7 Å². The Balaban J connectivity index is 1.44. The number of ether oxygens (including phenoxy) is 3. The SMILES string of the molecule is COCCNC(=O)c1ccc(NC(=O)c2ccc(OCCOc3ccccc3)cc2)cc1. The molecule has 2 amide bonds. The molecular weight excluding hydrogens is 408 g/mol. The molecule has 0 saturated heterocycles. The smallest absolute Gasteiger partial charge is 0.255 e. The van der Waals surface area contributed by atoms with Gasteiger partial charge in [0.25, 0.3) is 11.8 Å². The molecule has 0 aliphatic rings. The largest absolute Gasteiger partial charge is 0.490 e. The van der Waals surface area contributed by atoms with Gasteiger partial charge in [-0.3, -0.25) is 9.59 Å². The van der Waals surface area contributed by atoms with Crippen molar-refractivity contribution in [3.05, 3.63) is 90.0 Å². The van der Waals surface area contributed by atoms with Crippen molar-refractivity contribution in [2.45, 2.75) is 0 Å². The minimum Gasteiger partial charge on any atom is -0.490 e. The summed E-state index contributed by atoms with van der Waals surface area (Å²) in [7, 11) is 1.58. The van der Waals surface area contributed by atoms with Gasteiger partial charge in [0.1, 0.15) is 24.7 Å². The normalized spacial score (nSPS) is 10.3. The molecule has 0 unspecified atom stereocenters. The first-order chi connectivity index (χ1) is 15.7. The van der Waals surface area contributed by atoms with Crippen LogP contribution in [0.25, 0.3) is 0 Å². The lowest BCUT2D eigenvalue weighted by Gasteiger charge is -2.10. The maximum atomic E-state index is 12.5. The number of rotatable bonds is 11. The van der Waals surface area contributed by atoms with Crippen molar-refractivity contribution in [1.82, 2.24) is 5.32 Å². The zero-order chi connectivity index (χ0) is 22.6. The van der Waals surface area contributed by atoms with Gasteiger partial charge >= 0.3 is 0 Å². The number of nitrogens with one attached hydrogen (secondary N) is 2. The van der Waals surface area contributed by atoms with Crippen LogP contribution >= 0.6 is 0 Å². The van der Waals surface area contributed by atoms with E-state index < -0.39 is 0 Å². The number of benzene rings is 3. The van der Waals surface area contributed by atoms with E-state index in [0.29, 0.717) is 48.9 Å². The molecule has 2 N–H and O–H groups in total. The fourth-order valence-corrected chi connectivity index (χ4v) is 2.82. The maximum Gasteiger partial charge on any atom is 0.255 e. The molecular formula is C25H26N2O5. The van der Waals surface area contributed by atoms with Crippen LogP contribution in [0.1, 0.15) is 20.7 Å². The standard InChI is InChI=1S/C25H26N2O5/c1-30-16-15-26-24(28)19-7-11-21(12-8-19)27-25(29)20-9-13-23(14-10-20)32-18-17-31-22-5-3-2-4-6-22/h2-14H,15-18H2,1H3,(H,26,28)(H,27,29). The van der Waals surface area contributed by atoms with Gasteiger partial charge in [-0.1, -0.05) is 18.2 Å². The molecule has 0 aliphatic heterocycles. The molecule has 0 aromatic heterocycles. The van der Waals surface area contributed by atoms with Crippen LogP contribution in [-0.2, 0) is 4.74 Å². The first-order valence-corrected chi connectivity index (χ1v) is 10.2. The van der Waals surface area contributed by atoms with Crippen LogP contribution < -0.4 is 20.1 Å². The molecule has 166 valence electrons. The minimum absolute atomic E-state index is 0.190. The number of hydrogen-bond acceptors (Lipinski definition) is 5. The van der Waals surface area contributed by atoms with Crippen LogP contribution in [0.15, 0.2) is 78.9 Å². The predicted molar refractivity (Wildman–Crippen MR) is 122 cm³/mol. The highest BCUT2D eigenvalue weighted by Gasteiger charge is 2.08. The Morgan fingerprint density at radius 1 is 0.688 bits per heavy atom. The van der Waals surface area contributed by atoms with E-state index in [4.69, 9.17) is 14.2 Å². The zero-order valence-corrected chi connectivity index (χ0v) is 17.9. The van der Waals surface area contributed by atoms with E-state index in [0.717, 1.165) is 5.75 Å². The lowest BCUT2D eigenvalue weighted by atomic mass is 10.1. The molecule has 0 bridgehead atoms. The quantitative estimate of drug-likeness (QED) is 0.449. The molecule has 0 atom stereocenters. The van der Waals surface area contributed by atoms with Crippen molar-refractivity contribution in [1.29, 1.82) is 0 Å². The molecule has 7 nitrogen and oxygen atoms in total. The molecule has 7 heteroatoms. The number of methoxy groups -OCH3 is 1. The molecule has 0 saturated carbocycles. The van der Waals surface area contributed by atoms with Crippen LogP contribution in [0.4, 0.5) is 5.69 Å². The summed E-state index contributed by atoms with van der Waals surface area (Å²) in [5.41, 5.74) is 1.61. The van der Waals surface area contributed by atoms with E-state index in [1.807, 2.05) is 30.3 Å². The van der Waals surface area contributed by atoms with Crippen LogP contribution in [0.2, 0.25) is 0 Å². The third-order valence-corrected chi connectivity index (χ3v) is 4.48. The van der Waals surface area contributed by atoms with Gasteiger partial charge in [0, 0.05) is 30.5 Å². The summed E-state index contributed by atoms with van der Waals surface area (Å²) >= 11 is 0. The molecule has 0 aliphatic carbocycles. The number of anilines is 1. The summed E-state index contributed by atoms with van der Waals surface area (Å²) in [5, 5.41) is 5.56. The van der Waals surface area contributed by atoms with Crippen molar-refractivity contribution >= 4 is 17.5 Å². The Bertz CT molecular complexity index is 989. The maximum absolute atomic E-state index is 12.5. The highest BCUT2D eigenvalue weighted by atomic mass is 16.5. The summed E-state index contributed by atoms with van der Waals surface area (Å²) in [4.78, 5) is 24.5. The molecule has 0 heterocycles. The molecule has 3 rings (SSSR count). The monoisotopic (exact) mass is 434 g/mol. The summed E-state index contributed by atoms with van der Waals surface area (Å²) in [5.74, 6) is 1.01. The Labute approximate surface area is 187 Å². The van der Waals surface area contributed by atoms with Gasteiger partial charge in [0.05, 0.1) is 6.61 Å². The van der Waals surface area contributed by atoms with Gasteiger partial charge in [-0.25, -0.2) is 0 Å². The molecule has 3 aromatic carbocycles. The predicted octanol–water partition coefficient (Wildman–Crippen LogP) is 3.77. The number of amides is 2. The lowest BCUT2D eigenvalue weighted by Crippen LogP contribution is -2.26. The van der Waals surface area contributed by atoms with E-state index >= 15 is 0 Å². The van der Waals surface area contributed by atoms with E-state index in [9.17, 15) is 9.59 Å². The summed E-state index contributed by atoms with van der Waals surface area (Å²) in [6.07, 6.45) is 0. The fourth-order valence-electron chi connectivity index (χ4n) is 2.82. The topological polar surface area (TPSA) is 85.9 Å². The first kappa shape index (κ1) is 22.8. The molecule has 0 spiro atoms. The van der Waals surface area contributed by atoms with Crippen molar-refractivity contribution in [3.63, 3.8) is 0 Å². The van der Waals surface area contributed by atoms with Gasteiger partial charge < -0.3 is 24.8 Å². The number of carbonyl (C=O) groups excluding carboxylic acids is 2. The Morgan fingerprint density at radius 2 is 1.25 bits per heavy atom. The van der Waals surface area contributed by atoms with Gasteiger partial charge in [0.2, 0.25) is 0 Å². The zero-order valence-electron chi connectivity index (χ0n) is 17.9. The second-order valence-electron chi connectivity index (χ2n) is 6.81.